The van der Waals surface area contributed by atoms with Gasteiger partial charge in [-0.3, -0.25) is 0 Å². The summed E-state index contributed by atoms with van der Waals surface area (Å²) in [5, 5.41) is 2.37. The van der Waals surface area contributed by atoms with Gasteiger partial charge in [0, 0.05) is 30.5 Å². The molecule has 0 atom stereocenters. The second-order valence-electron chi connectivity index (χ2n) is 7.71. The molecular formula is C25H32N+. The van der Waals surface area contributed by atoms with Gasteiger partial charge in [-0.05, 0) is 55.7 Å². The molecule has 3 rings (SSSR count). The lowest BCUT2D eigenvalue weighted by atomic mass is 9.77. The molecule has 1 aromatic heterocycles. The molecule has 2 aromatic rings. The van der Waals surface area contributed by atoms with Crippen molar-refractivity contribution in [1.29, 1.82) is 0 Å². The maximum atomic E-state index is 4.55. The first-order chi connectivity index (χ1) is 12.4. The van der Waals surface area contributed by atoms with Crippen molar-refractivity contribution in [2.24, 2.45) is 0 Å². The van der Waals surface area contributed by atoms with Gasteiger partial charge in [-0.1, -0.05) is 45.1 Å². The summed E-state index contributed by atoms with van der Waals surface area (Å²) >= 11 is 0. The lowest BCUT2D eigenvalue weighted by molar-refractivity contribution is -0.770. The van der Waals surface area contributed by atoms with Gasteiger partial charge in [0.2, 0.25) is 11.0 Å². The predicted octanol–water partition coefficient (Wildman–Crippen LogP) is 4.49. The summed E-state index contributed by atoms with van der Waals surface area (Å²) in [4.78, 5) is 0. The number of hydrogen-bond acceptors (Lipinski definition) is 0. The average molecular weight is 347 g/mol. The first kappa shape index (κ1) is 18.6. The number of aromatic nitrogens is 1. The SMILES string of the molecule is C=CC(CC)=c1ccc2[n+](c1=C)C(CC)(CC)Cc1c(C)cc(C)cc1-2. The Hall–Kier alpha value is -2.15. The molecule has 136 valence electrons. The summed E-state index contributed by atoms with van der Waals surface area (Å²) in [6.45, 7) is 19.9. The van der Waals surface area contributed by atoms with Gasteiger partial charge in [0.15, 0.2) is 5.54 Å². The third-order valence-electron chi connectivity index (χ3n) is 6.39. The Balaban J connectivity index is 2.50. The number of fused-ring (bicyclic) bond motifs is 3. The van der Waals surface area contributed by atoms with Crippen molar-refractivity contribution < 1.29 is 4.57 Å². The fraction of sp³-hybridized carbons (Fsp3) is 0.400. The van der Waals surface area contributed by atoms with Crippen LogP contribution in [0.4, 0.5) is 0 Å². The summed E-state index contributed by atoms with van der Waals surface area (Å²) in [5.41, 5.74) is 8.32. The molecule has 1 heteroatoms. The first-order valence-electron chi connectivity index (χ1n) is 9.93. The molecule has 0 unspecified atom stereocenters. The van der Waals surface area contributed by atoms with Gasteiger partial charge < -0.3 is 0 Å². The van der Waals surface area contributed by atoms with Crippen LogP contribution in [0.15, 0.2) is 36.9 Å². The monoisotopic (exact) mass is 346 g/mol. The highest BCUT2D eigenvalue weighted by atomic mass is 15.1. The molecule has 0 saturated heterocycles. The van der Waals surface area contributed by atoms with E-state index < -0.39 is 0 Å². The Morgan fingerprint density at radius 3 is 2.42 bits per heavy atom. The van der Waals surface area contributed by atoms with E-state index in [2.05, 4.69) is 76.6 Å². The van der Waals surface area contributed by atoms with Crippen LogP contribution in [0.2, 0.25) is 0 Å². The second-order valence-corrected chi connectivity index (χ2v) is 7.71. The standard InChI is InChI=1S/C25H32N/c1-8-20(9-2)21-12-13-24-22-15-17(5)14-18(6)23(22)16-25(10-3,11-4)26(24)19(21)7/h8,12-15H,1,7,9-11,16H2,2-6H3/q+1. The smallest absolute Gasteiger partial charge is 0.186 e. The molecule has 0 saturated carbocycles. The largest absolute Gasteiger partial charge is 0.213 e. The van der Waals surface area contributed by atoms with E-state index in [1.54, 1.807) is 0 Å². The number of allylic oxidation sites excluding steroid dienone is 1. The zero-order chi connectivity index (χ0) is 19.1. The van der Waals surface area contributed by atoms with Gasteiger partial charge in [-0.15, -0.1) is 0 Å². The van der Waals surface area contributed by atoms with Crippen LogP contribution in [-0.2, 0) is 12.0 Å². The zero-order valence-corrected chi connectivity index (χ0v) is 17.1. The highest BCUT2D eigenvalue weighted by Gasteiger charge is 2.44. The molecule has 26 heavy (non-hydrogen) atoms. The van der Waals surface area contributed by atoms with Gasteiger partial charge in [-0.2, -0.15) is 4.57 Å². The van der Waals surface area contributed by atoms with Gasteiger partial charge in [0.25, 0.3) is 0 Å². The third kappa shape index (κ3) is 2.65. The topological polar surface area (TPSA) is 3.88 Å². The molecule has 0 spiro atoms. The lowest BCUT2D eigenvalue weighted by Gasteiger charge is -2.34. The van der Waals surface area contributed by atoms with Crippen LogP contribution in [0, 0.1) is 13.8 Å². The summed E-state index contributed by atoms with van der Waals surface area (Å²) in [5.74, 6) is 0. The van der Waals surface area contributed by atoms with Crippen LogP contribution >= 0.6 is 0 Å². The first-order valence-corrected chi connectivity index (χ1v) is 9.93. The number of benzene rings is 1. The minimum Gasteiger partial charge on any atom is -0.186 e. The molecule has 1 aliphatic rings. The summed E-state index contributed by atoms with van der Waals surface area (Å²) in [6, 6.07) is 9.23. The quantitative estimate of drug-likeness (QED) is 0.718. The normalized spacial score (nSPS) is 15.9. The number of hydrogen-bond donors (Lipinski definition) is 0. The number of aryl methyl sites for hydroxylation is 2. The Kier molecular flexibility index (Phi) is 4.92. The fourth-order valence-electron chi connectivity index (χ4n) is 4.77. The van der Waals surface area contributed by atoms with Crippen molar-refractivity contribution in [2.45, 2.75) is 65.8 Å². The molecule has 0 bridgehead atoms. The molecule has 0 N–H and O–H groups in total. The van der Waals surface area contributed by atoms with Crippen LogP contribution in [-0.4, -0.2) is 0 Å². The Bertz CT molecular complexity index is 974. The highest BCUT2D eigenvalue weighted by Crippen LogP contribution is 2.37. The molecular weight excluding hydrogens is 314 g/mol. The molecule has 0 aliphatic carbocycles. The highest BCUT2D eigenvalue weighted by molar-refractivity contribution is 5.66. The van der Waals surface area contributed by atoms with Crippen LogP contribution in [0.3, 0.4) is 0 Å². The van der Waals surface area contributed by atoms with Crippen molar-refractivity contribution in [3.05, 3.63) is 64.2 Å². The predicted molar refractivity (Wildman–Crippen MR) is 112 cm³/mol. The number of rotatable bonds is 4. The van der Waals surface area contributed by atoms with E-state index in [1.807, 2.05) is 6.08 Å². The average Bonchev–Trinajstić information content (AvgIpc) is 2.64. The van der Waals surface area contributed by atoms with E-state index in [4.69, 9.17) is 0 Å². The van der Waals surface area contributed by atoms with Gasteiger partial charge >= 0.3 is 0 Å². The van der Waals surface area contributed by atoms with E-state index in [9.17, 15) is 0 Å². The minimum absolute atomic E-state index is 0.0927. The Labute approximate surface area is 158 Å². The van der Waals surface area contributed by atoms with Crippen molar-refractivity contribution in [3.63, 3.8) is 0 Å². The zero-order valence-electron chi connectivity index (χ0n) is 17.1. The number of nitrogens with zero attached hydrogens (tertiary/aromatic N) is 1. The third-order valence-corrected chi connectivity index (χ3v) is 6.39. The molecule has 1 aromatic carbocycles. The van der Waals surface area contributed by atoms with E-state index in [0.29, 0.717) is 0 Å². The second kappa shape index (κ2) is 6.87. The summed E-state index contributed by atoms with van der Waals surface area (Å²) < 4.78 is 2.54. The van der Waals surface area contributed by atoms with Gasteiger partial charge in [-0.25, -0.2) is 0 Å². The number of pyridine rings is 1. The van der Waals surface area contributed by atoms with Crippen molar-refractivity contribution in [2.75, 3.05) is 0 Å². The van der Waals surface area contributed by atoms with Gasteiger partial charge in [0.05, 0.1) is 5.56 Å². The minimum atomic E-state index is 0.0927. The van der Waals surface area contributed by atoms with Gasteiger partial charge in [0.1, 0.15) is 0 Å². The van der Waals surface area contributed by atoms with Crippen LogP contribution in [0.1, 0.15) is 56.7 Å². The van der Waals surface area contributed by atoms with Crippen LogP contribution < -0.4 is 15.1 Å². The molecule has 1 nitrogen and oxygen atoms in total. The molecule has 0 radical (unpaired) electrons. The summed E-state index contributed by atoms with van der Waals surface area (Å²) in [6.07, 6.45) is 6.26. The van der Waals surface area contributed by atoms with Crippen molar-refractivity contribution >= 4 is 12.2 Å². The summed E-state index contributed by atoms with van der Waals surface area (Å²) in [7, 11) is 0. The molecule has 1 aliphatic heterocycles. The maximum absolute atomic E-state index is 4.55. The fourth-order valence-corrected chi connectivity index (χ4v) is 4.77. The van der Waals surface area contributed by atoms with Crippen LogP contribution in [0.5, 0.6) is 0 Å². The van der Waals surface area contributed by atoms with Crippen molar-refractivity contribution in [1.82, 2.24) is 0 Å². The van der Waals surface area contributed by atoms with E-state index in [1.165, 1.54) is 38.7 Å². The van der Waals surface area contributed by atoms with E-state index in [-0.39, 0.29) is 5.54 Å². The Morgan fingerprint density at radius 2 is 1.85 bits per heavy atom. The van der Waals surface area contributed by atoms with E-state index >= 15 is 0 Å². The maximum Gasteiger partial charge on any atom is 0.213 e. The van der Waals surface area contributed by atoms with Crippen LogP contribution in [0.25, 0.3) is 23.4 Å². The lowest BCUT2D eigenvalue weighted by Crippen LogP contribution is -2.71. The molecule has 0 amide bonds. The molecule has 0 fully saturated rings. The van der Waals surface area contributed by atoms with Crippen molar-refractivity contribution in [3.8, 4) is 11.3 Å². The molecule has 2 heterocycles. The Morgan fingerprint density at radius 1 is 1.15 bits per heavy atom. The van der Waals surface area contributed by atoms with E-state index in [0.717, 1.165) is 31.0 Å².